The number of rotatable bonds is 5. The van der Waals surface area contributed by atoms with Gasteiger partial charge in [0.25, 0.3) is 0 Å². The number of nitro groups is 1. The van der Waals surface area contributed by atoms with Gasteiger partial charge in [0.05, 0.1) is 4.92 Å². The van der Waals surface area contributed by atoms with Crippen LogP contribution in [0.3, 0.4) is 0 Å². The molecule has 4 aromatic rings. The number of benzene rings is 2. The van der Waals surface area contributed by atoms with Crippen molar-refractivity contribution in [1.82, 2.24) is 15.0 Å². The summed E-state index contributed by atoms with van der Waals surface area (Å²) in [5, 5.41) is 15.7. The van der Waals surface area contributed by atoms with Crippen LogP contribution in [0.5, 0.6) is 23.1 Å². The fraction of sp³-hybridized carbons (Fsp3) is 0.0952. The molecule has 0 radical (unpaired) electrons. The number of nitrogens with zero attached hydrogens (tertiary/aromatic N) is 4. The first-order chi connectivity index (χ1) is 15.6. The Balaban J connectivity index is 1.52. The highest BCUT2D eigenvalue weighted by atomic mass is 79.9. The molecule has 0 atom stereocenters. The fourth-order valence-corrected chi connectivity index (χ4v) is 3.70. The molecule has 1 aliphatic heterocycles. The highest BCUT2D eigenvalue weighted by molar-refractivity contribution is 9.10. The number of fused-ring (bicyclic) bond motifs is 2. The SMILES string of the molecule is O=[N+]([O-])c1c(Nc2ccc3c(c2)OCCO3)ncnc1Oc1ccc(Br)c2cccnc12. The third-order valence-corrected chi connectivity index (χ3v) is 5.35. The van der Waals surface area contributed by atoms with Crippen molar-refractivity contribution in [3.8, 4) is 23.1 Å². The molecule has 0 amide bonds. The lowest BCUT2D eigenvalue weighted by Gasteiger charge is -2.19. The monoisotopic (exact) mass is 495 g/mol. The molecule has 0 spiro atoms. The standard InChI is InChI=1S/C21H14BrN5O5/c22-14-4-6-16(18-13(14)2-1-7-23-18)32-21-19(27(28)29)20(24-11-25-21)26-12-3-5-15-17(10-12)31-9-8-30-15/h1-7,10-11H,8-9H2,(H,24,25,26). The van der Waals surface area contributed by atoms with E-state index in [0.29, 0.717) is 41.7 Å². The predicted molar refractivity (Wildman–Crippen MR) is 119 cm³/mol. The topological polar surface area (TPSA) is 122 Å². The molecule has 1 N–H and O–H groups in total. The van der Waals surface area contributed by atoms with E-state index >= 15 is 0 Å². The van der Waals surface area contributed by atoms with Gasteiger partial charge >= 0.3 is 11.6 Å². The molecule has 2 aromatic carbocycles. The lowest BCUT2D eigenvalue weighted by atomic mass is 10.2. The van der Waals surface area contributed by atoms with Gasteiger partial charge in [-0.25, -0.2) is 4.98 Å². The number of anilines is 2. The maximum absolute atomic E-state index is 11.9. The van der Waals surface area contributed by atoms with Crippen LogP contribution < -0.4 is 19.5 Å². The number of pyridine rings is 1. The van der Waals surface area contributed by atoms with E-state index in [0.717, 1.165) is 9.86 Å². The van der Waals surface area contributed by atoms with E-state index in [2.05, 4.69) is 36.2 Å². The summed E-state index contributed by atoms with van der Waals surface area (Å²) in [6.07, 6.45) is 2.81. The summed E-state index contributed by atoms with van der Waals surface area (Å²) in [7, 11) is 0. The summed E-state index contributed by atoms with van der Waals surface area (Å²) in [4.78, 5) is 23.7. The highest BCUT2D eigenvalue weighted by Crippen LogP contribution is 2.39. The Morgan fingerprint density at radius 1 is 1.06 bits per heavy atom. The number of ether oxygens (including phenoxy) is 3. The first-order valence-corrected chi connectivity index (χ1v) is 10.3. The lowest BCUT2D eigenvalue weighted by Crippen LogP contribution is -2.15. The quantitative estimate of drug-likeness (QED) is 0.300. The Morgan fingerprint density at radius 2 is 1.91 bits per heavy atom. The van der Waals surface area contributed by atoms with Crippen molar-refractivity contribution in [3.63, 3.8) is 0 Å². The number of aromatic nitrogens is 3. The van der Waals surface area contributed by atoms with Crippen LogP contribution in [0, 0.1) is 10.1 Å². The van der Waals surface area contributed by atoms with Gasteiger partial charge in [0.15, 0.2) is 17.2 Å². The molecule has 0 bridgehead atoms. The van der Waals surface area contributed by atoms with E-state index in [-0.39, 0.29) is 11.7 Å². The zero-order valence-electron chi connectivity index (χ0n) is 16.3. The summed E-state index contributed by atoms with van der Waals surface area (Å²) in [5.41, 5.74) is 0.670. The molecule has 10 nitrogen and oxygen atoms in total. The van der Waals surface area contributed by atoms with Crippen molar-refractivity contribution in [2.75, 3.05) is 18.5 Å². The van der Waals surface area contributed by atoms with Crippen LogP contribution in [0.2, 0.25) is 0 Å². The normalized spacial score (nSPS) is 12.4. The smallest absolute Gasteiger partial charge is 0.373 e. The minimum Gasteiger partial charge on any atom is -0.486 e. The van der Waals surface area contributed by atoms with Gasteiger partial charge in [-0.2, -0.15) is 4.98 Å². The zero-order chi connectivity index (χ0) is 22.1. The lowest BCUT2D eigenvalue weighted by molar-refractivity contribution is -0.385. The number of hydrogen-bond donors (Lipinski definition) is 1. The van der Waals surface area contributed by atoms with Crippen molar-refractivity contribution in [3.05, 3.63) is 69.6 Å². The van der Waals surface area contributed by atoms with E-state index in [1.54, 1.807) is 42.6 Å². The van der Waals surface area contributed by atoms with Gasteiger partial charge < -0.3 is 19.5 Å². The van der Waals surface area contributed by atoms with Crippen LogP contribution in [0.15, 0.2) is 59.5 Å². The van der Waals surface area contributed by atoms with Gasteiger partial charge in [-0.1, -0.05) is 22.0 Å². The maximum Gasteiger partial charge on any atom is 0.373 e. The predicted octanol–water partition coefficient (Wildman–Crippen LogP) is 5.00. The van der Waals surface area contributed by atoms with E-state index in [4.69, 9.17) is 14.2 Å². The van der Waals surface area contributed by atoms with Crippen LogP contribution in [-0.4, -0.2) is 33.1 Å². The molecule has 160 valence electrons. The number of nitrogens with one attached hydrogen (secondary N) is 1. The average molecular weight is 496 g/mol. The molecule has 3 heterocycles. The van der Waals surface area contributed by atoms with Crippen molar-refractivity contribution in [2.45, 2.75) is 0 Å². The maximum atomic E-state index is 11.9. The van der Waals surface area contributed by atoms with Crippen molar-refractivity contribution in [1.29, 1.82) is 0 Å². The second-order valence-electron chi connectivity index (χ2n) is 6.66. The average Bonchev–Trinajstić information content (AvgIpc) is 2.81. The van der Waals surface area contributed by atoms with Crippen molar-refractivity contribution in [2.24, 2.45) is 0 Å². The van der Waals surface area contributed by atoms with Crippen LogP contribution in [0.1, 0.15) is 0 Å². The summed E-state index contributed by atoms with van der Waals surface area (Å²) >= 11 is 3.47. The number of hydrogen-bond acceptors (Lipinski definition) is 9. The molecule has 0 fully saturated rings. The largest absolute Gasteiger partial charge is 0.486 e. The Kier molecular flexibility index (Phi) is 5.15. The minimum absolute atomic E-state index is 0.0222. The molecule has 11 heteroatoms. The van der Waals surface area contributed by atoms with Crippen LogP contribution in [0.4, 0.5) is 17.2 Å². The first kappa shape index (κ1) is 19.9. The van der Waals surface area contributed by atoms with Gasteiger partial charge in [-0.3, -0.25) is 15.1 Å². The molecule has 1 aliphatic rings. The molecule has 5 rings (SSSR count). The fourth-order valence-electron chi connectivity index (χ4n) is 3.25. The van der Waals surface area contributed by atoms with Gasteiger partial charge in [0.1, 0.15) is 25.1 Å². The van der Waals surface area contributed by atoms with Crippen LogP contribution in [0.25, 0.3) is 10.9 Å². The van der Waals surface area contributed by atoms with Gasteiger partial charge in [0.2, 0.25) is 5.82 Å². The molecule has 32 heavy (non-hydrogen) atoms. The third-order valence-electron chi connectivity index (χ3n) is 4.66. The summed E-state index contributed by atoms with van der Waals surface area (Å²) < 4.78 is 17.7. The highest BCUT2D eigenvalue weighted by Gasteiger charge is 2.26. The van der Waals surface area contributed by atoms with E-state index in [9.17, 15) is 10.1 Å². The molecule has 0 unspecified atom stereocenters. The van der Waals surface area contributed by atoms with Crippen molar-refractivity contribution >= 4 is 44.0 Å². The van der Waals surface area contributed by atoms with Crippen LogP contribution >= 0.6 is 15.9 Å². The zero-order valence-corrected chi connectivity index (χ0v) is 17.9. The van der Waals surface area contributed by atoms with Gasteiger partial charge in [-0.05, 0) is 30.3 Å². The minimum atomic E-state index is -0.593. The Bertz CT molecular complexity index is 1350. The second-order valence-corrected chi connectivity index (χ2v) is 7.52. The van der Waals surface area contributed by atoms with E-state index in [1.807, 2.05) is 6.07 Å². The Labute approximate surface area is 189 Å². The van der Waals surface area contributed by atoms with Gasteiger partial charge in [-0.15, -0.1) is 0 Å². The van der Waals surface area contributed by atoms with E-state index in [1.165, 1.54) is 6.33 Å². The summed E-state index contributed by atoms with van der Waals surface area (Å²) in [6.45, 7) is 0.898. The van der Waals surface area contributed by atoms with Crippen LogP contribution in [-0.2, 0) is 0 Å². The van der Waals surface area contributed by atoms with E-state index < -0.39 is 10.6 Å². The molecular weight excluding hydrogens is 482 g/mol. The molecular formula is C21H14BrN5O5. The van der Waals surface area contributed by atoms with Gasteiger partial charge in [0, 0.05) is 27.8 Å². The molecule has 2 aromatic heterocycles. The molecule has 0 aliphatic carbocycles. The summed E-state index contributed by atoms with van der Waals surface area (Å²) in [6, 6.07) is 12.2. The Hall–Kier alpha value is -3.99. The third kappa shape index (κ3) is 3.73. The second kappa shape index (κ2) is 8.27. The van der Waals surface area contributed by atoms with Crippen molar-refractivity contribution < 1.29 is 19.1 Å². The Morgan fingerprint density at radius 3 is 2.75 bits per heavy atom. The molecule has 0 saturated heterocycles. The molecule has 0 saturated carbocycles. The number of halogens is 1. The first-order valence-electron chi connectivity index (χ1n) is 9.47. The summed E-state index contributed by atoms with van der Waals surface area (Å²) in [5.74, 6) is 1.25.